The molecule has 3 aromatic rings. The number of benzene rings is 2. The van der Waals surface area contributed by atoms with Crippen LogP contribution in [-0.2, 0) is 15.0 Å². The lowest BCUT2D eigenvalue weighted by molar-refractivity contribution is -0.123. The molecule has 0 aliphatic carbocycles. The molecule has 1 atom stereocenters. The summed E-state index contributed by atoms with van der Waals surface area (Å²) in [5, 5.41) is 2.22. The van der Waals surface area contributed by atoms with Crippen molar-refractivity contribution in [2.45, 2.75) is 18.3 Å². The Morgan fingerprint density at radius 3 is 2.85 bits per heavy atom. The third-order valence-electron chi connectivity index (χ3n) is 5.45. The van der Waals surface area contributed by atoms with E-state index in [0.29, 0.717) is 35.1 Å². The van der Waals surface area contributed by atoms with Crippen LogP contribution in [0.2, 0.25) is 5.02 Å². The van der Waals surface area contributed by atoms with E-state index in [9.17, 15) is 9.59 Å². The average Bonchev–Trinajstić information content (AvgIpc) is 2.92. The van der Waals surface area contributed by atoms with Crippen LogP contribution in [-0.4, -0.2) is 23.4 Å². The summed E-state index contributed by atoms with van der Waals surface area (Å²) in [6.45, 7) is 0.384. The lowest BCUT2D eigenvalue weighted by Gasteiger charge is -2.33. The zero-order valence-electron chi connectivity index (χ0n) is 14.3. The minimum atomic E-state index is -0.938. The summed E-state index contributed by atoms with van der Waals surface area (Å²) in [5.74, 6) is 0.146. The maximum atomic E-state index is 13.6. The first-order chi connectivity index (χ1) is 13.1. The standard InChI is InChI=1S/C21H15ClN2O3/c22-14-5-6-18-16(9-14)21(7-8-27-18)10-19(25)24(20(21)26)17-12-23-11-13-3-1-2-4-15(13)17/h1-6,9,11-12H,7-8,10H2/t21-/m0/s1. The maximum Gasteiger partial charge on any atom is 0.245 e. The number of nitrogens with zero attached hydrogens (tertiary/aromatic N) is 2. The van der Waals surface area contributed by atoms with Crippen LogP contribution >= 0.6 is 11.6 Å². The molecule has 5 nitrogen and oxygen atoms in total. The van der Waals surface area contributed by atoms with Gasteiger partial charge in [0.25, 0.3) is 0 Å². The van der Waals surface area contributed by atoms with E-state index in [2.05, 4.69) is 4.98 Å². The number of hydrogen-bond acceptors (Lipinski definition) is 4. The van der Waals surface area contributed by atoms with E-state index in [4.69, 9.17) is 16.3 Å². The average molecular weight is 379 g/mol. The highest BCUT2D eigenvalue weighted by Crippen LogP contribution is 2.48. The highest BCUT2D eigenvalue weighted by molar-refractivity contribution is 6.31. The molecule has 2 aliphatic heterocycles. The van der Waals surface area contributed by atoms with E-state index in [0.717, 1.165) is 10.8 Å². The van der Waals surface area contributed by atoms with Crippen LogP contribution in [0.1, 0.15) is 18.4 Å². The first kappa shape index (κ1) is 16.3. The van der Waals surface area contributed by atoms with E-state index in [-0.39, 0.29) is 18.2 Å². The van der Waals surface area contributed by atoms with Crippen molar-refractivity contribution in [2.24, 2.45) is 0 Å². The number of carbonyl (C=O) groups excluding carboxylic acids is 2. The first-order valence-corrected chi connectivity index (χ1v) is 9.11. The second-order valence-corrected chi connectivity index (χ2v) is 7.35. The molecular weight excluding hydrogens is 364 g/mol. The van der Waals surface area contributed by atoms with Crippen LogP contribution in [0, 0.1) is 0 Å². The highest BCUT2D eigenvalue weighted by atomic mass is 35.5. The van der Waals surface area contributed by atoms with Gasteiger partial charge in [-0.05, 0) is 18.2 Å². The number of aromatic nitrogens is 1. The van der Waals surface area contributed by atoms with Gasteiger partial charge in [0.05, 0.1) is 23.9 Å². The normalized spacial score (nSPS) is 21.6. The Morgan fingerprint density at radius 2 is 1.96 bits per heavy atom. The fourth-order valence-electron chi connectivity index (χ4n) is 4.14. The van der Waals surface area contributed by atoms with Crippen LogP contribution in [0.15, 0.2) is 54.9 Å². The van der Waals surface area contributed by atoms with Gasteiger partial charge < -0.3 is 4.74 Å². The van der Waals surface area contributed by atoms with Gasteiger partial charge in [0.1, 0.15) is 5.75 Å². The summed E-state index contributed by atoms with van der Waals surface area (Å²) >= 11 is 6.18. The lowest BCUT2D eigenvalue weighted by atomic mass is 9.74. The summed E-state index contributed by atoms with van der Waals surface area (Å²) in [7, 11) is 0. The minimum absolute atomic E-state index is 0.103. The van der Waals surface area contributed by atoms with Gasteiger partial charge in [0, 0.05) is 40.4 Å². The van der Waals surface area contributed by atoms with Gasteiger partial charge in [-0.1, -0.05) is 35.9 Å². The van der Waals surface area contributed by atoms with E-state index < -0.39 is 5.41 Å². The number of fused-ring (bicyclic) bond motifs is 3. The minimum Gasteiger partial charge on any atom is -0.493 e. The Labute approximate surface area is 160 Å². The van der Waals surface area contributed by atoms with Crippen molar-refractivity contribution < 1.29 is 14.3 Å². The lowest BCUT2D eigenvalue weighted by Crippen LogP contribution is -2.42. The van der Waals surface area contributed by atoms with E-state index in [1.807, 2.05) is 24.3 Å². The molecule has 2 aliphatic rings. The second kappa shape index (κ2) is 5.79. The van der Waals surface area contributed by atoms with Crippen molar-refractivity contribution in [3.05, 3.63) is 65.4 Å². The maximum absolute atomic E-state index is 13.6. The van der Waals surface area contributed by atoms with Gasteiger partial charge in [0.2, 0.25) is 11.8 Å². The molecule has 1 saturated heterocycles. The summed E-state index contributed by atoms with van der Waals surface area (Å²) in [4.78, 5) is 32.1. The van der Waals surface area contributed by atoms with Crippen molar-refractivity contribution in [1.29, 1.82) is 0 Å². The molecule has 134 valence electrons. The molecule has 1 spiro atoms. The van der Waals surface area contributed by atoms with Crippen LogP contribution < -0.4 is 9.64 Å². The van der Waals surface area contributed by atoms with Gasteiger partial charge >= 0.3 is 0 Å². The molecule has 0 saturated carbocycles. The molecule has 1 fully saturated rings. The zero-order valence-corrected chi connectivity index (χ0v) is 15.1. The van der Waals surface area contributed by atoms with E-state index in [1.165, 1.54) is 4.90 Å². The molecule has 6 heteroatoms. The van der Waals surface area contributed by atoms with Crippen molar-refractivity contribution in [3.8, 4) is 5.75 Å². The van der Waals surface area contributed by atoms with Crippen molar-refractivity contribution >= 4 is 39.9 Å². The molecular formula is C21H15ClN2O3. The number of rotatable bonds is 1. The summed E-state index contributed by atoms with van der Waals surface area (Å²) in [6, 6.07) is 12.8. The predicted octanol–water partition coefficient (Wildman–Crippen LogP) is 3.87. The molecule has 1 aromatic heterocycles. The number of amides is 2. The van der Waals surface area contributed by atoms with E-state index >= 15 is 0 Å². The molecule has 2 aromatic carbocycles. The summed E-state index contributed by atoms with van der Waals surface area (Å²) < 4.78 is 5.71. The van der Waals surface area contributed by atoms with Crippen LogP contribution in [0.3, 0.4) is 0 Å². The Hall–Kier alpha value is -2.92. The molecule has 5 rings (SSSR count). The second-order valence-electron chi connectivity index (χ2n) is 6.91. The van der Waals surface area contributed by atoms with Gasteiger partial charge in [-0.15, -0.1) is 0 Å². The summed E-state index contributed by atoms with van der Waals surface area (Å²) in [5.41, 5.74) is 0.275. The third kappa shape index (κ3) is 2.28. The van der Waals surface area contributed by atoms with E-state index in [1.54, 1.807) is 30.6 Å². The Kier molecular flexibility index (Phi) is 3.49. The molecule has 0 N–H and O–H groups in total. The molecule has 0 bridgehead atoms. The molecule has 27 heavy (non-hydrogen) atoms. The number of carbonyl (C=O) groups is 2. The Bertz CT molecular complexity index is 1110. The van der Waals surface area contributed by atoms with Crippen LogP contribution in [0.25, 0.3) is 10.8 Å². The van der Waals surface area contributed by atoms with Gasteiger partial charge in [-0.3, -0.25) is 14.6 Å². The molecule has 2 amide bonds. The van der Waals surface area contributed by atoms with Crippen molar-refractivity contribution in [3.63, 3.8) is 0 Å². The number of ether oxygens (including phenoxy) is 1. The number of pyridine rings is 1. The molecule has 3 heterocycles. The molecule has 0 unspecified atom stereocenters. The molecule has 0 radical (unpaired) electrons. The Morgan fingerprint density at radius 1 is 1.11 bits per heavy atom. The largest absolute Gasteiger partial charge is 0.493 e. The Balaban J connectivity index is 1.68. The zero-order chi connectivity index (χ0) is 18.6. The first-order valence-electron chi connectivity index (χ1n) is 8.73. The predicted molar refractivity (Wildman–Crippen MR) is 102 cm³/mol. The number of hydrogen-bond donors (Lipinski definition) is 0. The number of imide groups is 1. The number of halogens is 1. The monoisotopic (exact) mass is 378 g/mol. The topological polar surface area (TPSA) is 59.5 Å². The summed E-state index contributed by atoms with van der Waals surface area (Å²) in [6.07, 6.45) is 3.85. The fraction of sp³-hybridized carbons (Fsp3) is 0.190. The van der Waals surface area contributed by atoms with Gasteiger partial charge in [0.15, 0.2) is 0 Å². The highest BCUT2D eigenvalue weighted by Gasteiger charge is 2.55. The van der Waals surface area contributed by atoms with Crippen LogP contribution in [0.4, 0.5) is 5.69 Å². The van der Waals surface area contributed by atoms with Crippen LogP contribution in [0.5, 0.6) is 5.75 Å². The SMILES string of the molecule is O=C1C[C@]2(CCOc3ccc(Cl)cc32)C(=O)N1c1cncc2ccccc12. The number of anilines is 1. The van der Waals surface area contributed by atoms with Gasteiger partial charge in [-0.25, -0.2) is 4.90 Å². The smallest absolute Gasteiger partial charge is 0.245 e. The third-order valence-corrected chi connectivity index (χ3v) is 5.68. The van der Waals surface area contributed by atoms with Gasteiger partial charge in [-0.2, -0.15) is 0 Å². The van der Waals surface area contributed by atoms with Crippen molar-refractivity contribution in [2.75, 3.05) is 11.5 Å². The fourth-order valence-corrected chi connectivity index (χ4v) is 4.31. The van der Waals surface area contributed by atoms with Crippen molar-refractivity contribution in [1.82, 2.24) is 4.98 Å². The quantitative estimate of drug-likeness (QED) is 0.603.